The van der Waals surface area contributed by atoms with E-state index in [1.165, 1.54) is 0 Å². The molecule has 0 aliphatic heterocycles. The van der Waals surface area contributed by atoms with Crippen molar-refractivity contribution in [2.75, 3.05) is 0 Å². The highest BCUT2D eigenvalue weighted by molar-refractivity contribution is 7.88. The van der Waals surface area contributed by atoms with Gasteiger partial charge in [-0.15, -0.1) is 0 Å². The van der Waals surface area contributed by atoms with Gasteiger partial charge in [-0.05, 0) is 12.3 Å². The van der Waals surface area contributed by atoms with Gasteiger partial charge in [-0.3, -0.25) is 4.55 Å². The summed E-state index contributed by atoms with van der Waals surface area (Å²) in [4.78, 5) is 0. The van der Waals surface area contributed by atoms with E-state index in [1.54, 1.807) is 13.8 Å². The SMILES string of the molecule is CCCCC(Cl)(C(C)C)S(=O)(=O)O. The van der Waals surface area contributed by atoms with Crippen LogP contribution in [0.25, 0.3) is 0 Å². The first kappa shape index (κ1) is 13.2. The first-order valence-corrected chi connectivity index (χ1v) is 6.23. The molecule has 13 heavy (non-hydrogen) atoms. The van der Waals surface area contributed by atoms with Crippen LogP contribution in [-0.4, -0.2) is 17.2 Å². The fraction of sp³-hybridized carbons (Fsp3) is 1.00. The van der Waals surface area contributed by atoms with Gasteiger partial charge in [0.05, 0.1) is 0 Å². The minimum atomic E-state index is -4.17. The molecule has 1 atom stereocenters. The molecule has 0 amide bonds. The van der Waals surface area contributed by atoms with Gasteiger partial charge < -0.3 is 0 Å². The molecule has 0 saturated carbocycles. The molecule has 0 fully saturated rings. The molecule has 1 N–H and O–H groups in total. The Kier molecular flexibility index (Phi) is 4.69. The molecule has 3 nitrogen and oxygen atoms in total. The fourth-order valence-electron chi connectivity index (χ4n) is 1.13. The molecular weight excluding hydrogens is 212 g/mol. The summed E-state index contributed by atoms with van der Waals surface area (Å²) in [6.07, 6.45) is 1.85. The Labute approximate surface area is 85.2 Å². The summed E-state index contributed by atoms with van der Waals surface area (Å²) < 4.78 is 29.5. The maximum Gasteiger partial charge on any atom is 0.285 e. The molecule has 0 aliphatic carbocycles. The van der Waals surface area contributed by atoms with Crippen molar-refractivity contribution in [2.24, 2.45) is 5.92 Å². The Balaban J connectivity index is 4.75. The topological polar surface area (TPSA) is 54.4 Å². The number of hydrogen-bond donors (Lipinski definition) is 1. The van der Waals surface area contributed by atoms with Crippen molar-refractivity contribution in [1.82, 2.24) is 0 Å². The Morgan fingerprint density at radius 3 is 2.15 bits per heavy atom. The Bertz CT molecular complexity index is 248. The van der Waals surface area contributed by atoms with Crippen molar-refractivity contribution in [3.05, 3.63) is 0 Å². The first-order chi connectivity index (χ1) is 5.75. The standard InChI is InChI=1S/C8H17ClO3S/c1-4-5-6-8(9,7(2)3)13(10,11)12/h7H,4-6H2,1-3H3,(H,10,11,12). The lowest BCUT2D eigenvalue weighted by Crippen LogP contribution is -2.37. The fourth-order valence-corrected chi connectivity index (χ4v) is 2.26. The van der Waals surface area contributed by atoms with E-state index in [0.29, 0.717) is 12.8 Å². The summed E-state index contributed by atoms with van der Waals surface area (Å²) in [5.41, 5.74) is 0. The van der Waals surface area contributed by atoms with Gasteiger partial charge in [0.1, 0.15) is 0 Å². The van der Waals surface area contributed by atoms with Crippen LogP contribution < -0.4 is 0 Å². The number of halogens is 1. The number of rotatable bonds is 5. The normalized spacial score (nSPS) is 17.4. The highest BCUT2D eigenvalue weighted by Gasteiger charge is 2.43. The summed E-state index contributed by atoms with van der Waals surface area (Å²) >= 11 is 5.89. The van der Waals surface area contributed by atoms with E-state index >= 15 is 0 Å². The lowest BCUT2D eigenvalue weighted by Gasteiger charge is -2.27. The molecule has 0 spiro atoms. The maximum atomic E-state index is 11.0. The van der Waals surface area contributed by atoms with Crippen molar-refractivity contribution < 1.29 is 13.0 Å². The Morgan fingerprint density at radius 1 is 1.46 bits per heavy atom. The highest BCUT2D eigenvalue weighted by atomic mass is 35.5. The Hall–Kier alpha value is 0.200. The number of alkyl halides is 1. The molecule has 1 unspecified atom stereocenters. The van der Waals surface area contributed by atoms with Gasteiger partial charge in [0, 0.05) is 0 Å². The third kappa shape index (κ3) is 3.11. The van der Waals surface area contributed by atoms with Gasteiger partial charge in [-0.2, -0.15) is 8.42 Å². The largest absolute Gasteiger partial charge is 0.285 e. The molecule has 0 rings (SSSR count). The van der Waals surface area contributed by atoms with E-state index < -0.39 is 14.3 Å². The molecule has 0 aromatic carbocycles. The lowest BCUT2D eigenvalue weighted by atomic mass is 10.0. The summed E-state index contributed by atoms with van der Waals surface area (Å²) in [5.74, 6) is -0.296. The maximum absolute atomic E-state index is 11.0. The third-order valence-electron chi connectivity index (χ3n) is 2.16. The van der Waals surface area contributed by atoms with Crippen LogP contribution in [0.4, 0.5) is 0 Å². The minimum Gasteiger partial charge on any atom is -0.284 e. The van der Waals surface area contributed by atoms with Gasteiger partial charge >= 0.3 is 0 Å². The average molecular weight is 229 g/mol. The summed E-state index contributed by atoms with van der Waals surface area (Å²) in [6.45, 7) is 5.33. The van der Waals surface area contributed by atoms with Crippen LogP contribution >= 0.6 is 11.6 Å². The zero-order chi connectivity index (χ0) is 10.7. The molecule has 0 bridgehead atoms. The second-order valence-corrected chi connectivity index (χ2v) is 6.10. The molecule has 0 saturated heterocycles. The molecule has 0 aromatic heterocycles. The van der Waals surface area contributed by atoms with Crippen LogP contribution in [0, 0.1) is 5.92 Å². The zero-order valence-electron chi connectivity index (χ0n) is 8.25. The predicted molar refractivity (Wildman–Crippen MR) is 54.5 cm³/mol. The van der Waals surface area contributed by atoms with Gasteiger partial charge in [0.15, 0.2) is 4.21 Å². The first-order valence-electron chi connectivity index (χ1n) is 4.41. The molecule has 5 heteroatoms. The molecule has 0 radical (unpaired) electrons. The number of hydrogen-bond acceptors (Lipinski definition) is 2. The van der Waals surface area contributed by atoms with Gasteiger partial charge in [-0.25, -0.2) is 0 Å². The van der Waals surface area contributed by atoms with Crippen molar-refractivity contribution in [2.45, 2.75) is 44.2 Å². The molecule has 0 aliphatic rings. The smallest absolute Gasteiger partial charge is 0.284 e. The van der Waals surface area contributed by atoms with E-state index in [-0.39, 0.29) is 5.92 Å². The molecule has 80 valence electrons. The second-order valence-electron chi connectivity index (χ2n) is 3.52. The molecule has 0 aromatic rings. The Morgan fingerprint density at radius 2 is 1.92 bits per heavy atom. The van der Waals surface area contributed by atoms with Gasteiger partial charge in [-0.1, -0.05) is 45.2 Å². The third-order valence-corrected chi connectivity index (χ3v) is 4.91. The van der Waals surface area contributed by atoms with Crippen molar-refractivity contribution in [1.29, 1.82) is 0 Å². The summed E-state index contributed by atoms with van der Waals surface area (Å²) in [6, 6.07) is 0. The van der Waals surface area contributed by atoms with Crippen LogP contribution in [0.2, 0.25) is 0 Å². The van der Waals surface area contributed by atoms with E-state index in [1.807, 2.05) is 6.92 Å². The summed E-state index contributed by atoms with van der Waals surface area (Å²) in [7, 11) is -4.17. The lowest BCUT2D eigenvalue weighted by molar-refractivity contribution is 0.404. The second kappa shape index (κ2) is 4.62. The van der Waals surface area contributed by atoms with E-state index in [2.05, 4.69) is 0 Å². The van der Waals surface area contributed by atoms with Crippen molar-refractivity contribution in [3.63, 3.8) is 0 Å². The monoisotopic (exact) mass is 228 g/mol. The zero-order valence-corrected chi connectivity index (χ0v) is 9.82. The molecular formula is C8H17ClO3S. The minimum absolute atomic E-state index is 0.293. The average Bonchev–Trinajstić information content (AvgIpc) is 1.97. The van der Waals surface area contributed by atoms with E-state index in [9.17, 15) is 8.42 Å². The molecule has 0 heterocycles. The summed E-state index contributed by atoms with van der Waals surface area (Å²) in [5, 5.41) is 0. The van der Waals surface area contributed by atoms with Crippen LogP contribution in [0.5, 0.6) is 0 Å². The van der Waals surface area contributed by atoms with Crippen molar-refractivity contribution >= 4 is 21.7 Å². The van der Waals surface area contributed by atoms with Crippen LogP contribution in [0.15, 0.2) is 0 Å². The van der Waals surface area contributed by atoms with Gasteiger partial charge in [0.2, 0.25) is 0 Å². The van der Waals surface area contributed by atoms with E-state index in [0.717, 1.165) is 6.42 Å². The quantitative estimate of drug-likeness (QED) is 0.582. The van der Waals surface area contributed by atoms with Crippen LogP contribution in [-0.2, 0) is 10.1 Å². The van der Waals surface area contributed by atoms with Crippen LogP contribution in [0.3, 0.4) is 0 Å². The van der Waals surface area contributed by atoms with Gasteiger partial charge in [0.25, 0.3) is 10.1 Å². The highest BCUT2D eigenvalue weighted by Crippen LogP contribution is 2.35. The van der Waals surface area contributed by atoms with Crippen LogP contribution in [0.1, 0.15) is 40.0 Å². The van der Waals surface area contributed by atoms with Crippen molar-refractivity contribution in [3.8, 4) is 0 Å². The predicted octanol–water partition coefficient (Wildman–Crippen LogP) is 2.66. The van der Waals surface area contributed by atoms with E-state index in [4.69, 9.17) is 16.2 Å². The number of unbranched alkanes of at least 4 members (excludes halogenated alkanes) is 1.